The van der Waals surface area contributed by atoms with Crippen LogP contribution in [-0.4, -0.2) is 31.8 Å². The van der Waals surface area contributed by atoms with Crippen molar-refractivity contribution in [3.8, 4) is 0 Å². The molecule has 104 valence electrons. The van der Waals surface area contributed by atoms with E-state index >= 15 is 0 Å². The Morgan fingerprint density at radius 1 is 1.37 bits per heavy atom. The molecule has 1 rings (SSSR count). The van der Waals surface area contributed by atoms with Crippen molar-refractivity contribution in [2.24, 2.45) is 0 Å². The van der Waals surface area contributed by atoms with Crippen LogP contribution in [0.25, 0.3) is 0 Å². The minimum absolute atomic E-state index is 0.263. The number of anilines is 1. The predicted molar refractivity (Wildman–Crippen MR) is 76.1 cm³/mol. The molecular weight excluding hydrogens is 242 g/mol. The molecule has 0 aliphatic rings. The molecule has 0 amide bonds. The number of rotatable bonds is 8. The van der Waals surface area contributed by atoms with E-state index in [9.17, 15) is 4.79 Å². The van der Waals surface area contributed by atoms with Gasteiger partial charge in [-0.1, -0.05) is 24.8 Å². The van der Waals surface area contributed by atoms with Crippen molar-refractivity contribution in [3.63, 3.8) is 0 Å². The summed E-state index contributed by atoms with van der Waals surface area (Å²) in [6.45, 7) is 8.61. The molecular formula is C15H21NO3. The molecule has 1 atom stereocenters. The Balaban J connectivity index is 2.07. The van der Waals surface area contributed by atoms with Crippen LogP contribution in [0.4, 0.5) is 5.69 Å². The maximum atomic E-state index is 11.2. The van der Waals surface area contributed by atoms with Crippen molar-refractivity contribution < 1.29 is 14.3 Å². The Kier molecular flexibility index (Phi) is 6.68. The van der Waals surface area contributed by atoms with Gasteiger partial charge in [0.05, 0.1) is 13.2 Å². The van der Waals surface area contributed by atoms with Crippen molar-refractivity contribution in [2.75, 3.05) is 25.1 Å². The molecule has 0 aliphatic heterocycles. The molecule has 1 unspecified atom stereocenters. The molecule has 19 heavy (non-hydrogen) atoms. The van der Waals surface area contributed by atoms with Crippen molar-refractivity contribution >= 4 is 11.7 Å². The maximum Gasteiger partial charge on any atom is 0.333 e. The zero-order valence-electron chi connectivity index (χ0n) is 11.5. The van der Waals surface area contributed by atoms with Gasteiger partial charge in [-0.05, 0) is 26.0 Å². The van der Waals surface area contributed by atoms with E-state index in [0.29, 0.717) is 25.3 Å². The Labute approximate surface area is 114 Å². The van der Waals surface area contributed by atoms with Crippen LogP contribution >= 0.6 is 0 Å². The third-order valence-corrected chi connectivity index (χ3v) is 2.36. The van der Waals surface area contributed by atoms with E-state index in [2.05, 4.69) is 11.9 Å². The highest BCUT2D eigenvalue weighted by molar-refractivity contribution is 5.87. The number of hydrogen-bond donors (Lipinski definition) is 1. The highest BCUT2D eigenvalue weighted by atomic mass is 16.6. The molecule has 0 aliphatic carbocycles. The molecule has 0 radical (unpaired) electrons. The number of para-hydroxylation sites is 1. The second-order valence-corrected chi connectivity index (χ2v) is 4.36. The summed E-state index contributed by atoms with van der Waals surface area (Å²) in [5.74, 6) is -0.376. The van der Waals surface area contributed by atoms with Gasteiger partial charge in [-0.3, -0.25) is 0 Å². The van der Waals surface area contributed by atoms with E-state index in [1.165, 1.54) is 0 Å². The summed E-state index contributed by atoms with van der Waals surface area (Å²) in [5.41, 5.74) is 1.46. The zero-order chi connectivity index (χ0) is 14.1. The molecule has 0 heterocycles. The summed E-state index contributed by atoms with van der Waals surface area (Å²) in [4.78, 5) is 11.2. The summed E-state index contributed by atoms with van der Waals surface area (Å²) in [7, 11) is 0. The van der Waals surface area contributed by atoms with Crippen LogP contribution in [0.2, 0.25) is 0 Å². The van der Waals surface area contributed by atoms with E-state index in [0.717, 1.165) is 5.69 Å². The second-order valence-electron chi connectivity index (χ2n) is 4.36. The Hall–Kier alpha value is -1.81. The summed E-state index contributed by atoms with van der Waals surface area (Å²) in [6.07, 6.45) is -0.263. The van der Waals surface area contributed by atoms with Crippen LogP contribution in [0.3, 0.4) is 0 Å². The molecule has 4 nitrogen and oxygen atoms in total. The number of ether oxygens (including phenoxy) is 2. The molecule has 4 heteroatoms. The first-order valence-corrected chi connectivity index (χ1v) is 6.32. The van der Waals surface area contributed by atoms with Gasteiger partial charge in [-0.2, -0.15) is 0 Å². The lowest BCUT2D eigenvalue weighted by atomic mass is 10.3. The van der Waals surface area contributed by atoms with E-state index in [1.54, 1.807) is 13.8 Å². The highest BCUT2D eigenvalue weighted by Crippen LogP contribution is 2.04. The van der Waals surface area contributed by atoms with E-state index < -0.39 is 0 Å². The van der Waals surface area contributed by atoms with Gasteiger partial charge in [0.25, 0.3) is 0 Å². The summed E-state index contributed by atoms with van der Waals surface area (Å²) >= 11 is 0. The second kappa shape index (κ2) is 8.32. The van der Waals surface area contributed by atoms with Gasteiger partial charge in [0.2, 0.25) is 0 Å². The normalized spacial score (nSPS) is 11.7. The monoisotopic (exact) mass is 263 g/mol. The highest BCUT2D eigenvalue weighted by Gasteiger charge is 2.09. The number of esters is 1. The van der Waals surface area contributed by atoms with E-state index in [1.807, 2.05) is 30.3 Å². The van der Waals surface area contributed by atoms with Crippen LogP contribution in [0.15, 0.2) is 42.5 Å². The lowest BCUT2D eigenvalue weighted by Gasteiger charge is -2.14. The molecule has 0 saturated carbocycles. The third kappa shape index (κ3) is 6.62. The number of hydrogen-bond acceptors (Lipinski definition) is 4. The van der Waals surface area contributed by atoms with E-state index in [4.69, 9.17) is 9.47 Å². The first kappa shape index (κ1) is 15.2. The molecule has 1 aromatic carbocycles. The van der Waals surface area contributed by atoms with Gasteiger partial charge in [-0.15, -0.1) is 0 Å². The SMILES string of the molecule is C=C(C)C(=O)OC(C)COCCNc1ccccc1. The fourth-order valence-electron chi connectivity index (χ4n) is 1.39. The molecule has 0 aromatic heterocycles. The van der Waals surface area contributed by atoms with Crippen LogP contribution in [0.1, 0.15) is 13.8 Å². The Morgan fingerprint density at radius 2 is 2.05 bits per heavy atom. The van der Waals surface area contributed by atoms with E-state index in [-0.39, 0.29) is 12.1 Å². The van der Waals surface area contributed by atoms with Crippen molar-refractivity contribution in [3.05, 3.63) is 42.5 Å². The van der Waals surface area contributed by atoms with Crippen LogP contribution in [-0.2, 0) is 14.3 Å². The van der Waals surface area contributed by atoms with Crippen LogP contribution in [0.5, 0.6) is 0 Å². The fourth-order valence-corrected chi connectivity index (χ4v) is 1.39. The average Bonchev–Trinajstić information content (AvgIpc) is 2.39. The molecule has 0 fully saturated rings. The number of carbonyl (C=O) groups excluding carboxylic acids is 1. The lowest BCUT2D eigenvalue weighted by molar-refractivity contribution is -0.146. The summed E-state index contributed by atoms with van der Waals surface area (Å²) in [5, 5.41) is 3.23. The molecule has 0 saturated heterocycles. The standard InChI is InChI=1S/C15H21NO3/c1-12(2)15(17)19-13(3)11-18-10-9-16-14-7-5-4-6-8-14/h4-8,13,16H,1,9-11H2,2-3H3. The quantitative estimate of drug-likeness (QED) is 0.445. The third-order valence-electron chi connectivity index (χ3n) is 2.36. The first-order valence-electron chi connectivity index (χ1n) is 6.32. The topological polar surface area (TPSA) is 47.6 Å². The predicted octanol–water partition coefficient (Wildman–Crippen LogP) is 2.62. The minimum Gasteiger partial charge on any atom is -0.457 e. The molecule has 0 bridgehead atoms. The van der Waals surface area contributed by atoms with Gasteiger partial charge in [0, 0.05) is 17.8 Å². The summed E-state index contributed by atoms with van der Waals surface area (Å²) in [6, 6.07) is 9.92. The van der Waals surface area contributed by atoms with Gasteiger partial charge >= 0.3 is 5.97 Å². The van der Waals surface area contributed by atoms with Crippen molar-refractivity contribution in [1.29, 1.82) is 0 Å². The Morgan fingerprint density at radius 3 is 2.68 bits per heavy atom. The number of benzene rings is 1. The summed E-state index contributed by atoms with van der Waals surface area (Å²) < 4.78 is 10.5. The van der Waals surface area contributed by atoms with Crippen molar-refractivity contribution in [2.45, 2.75) is 20.0 Å². The van der Waals surface area contributed by atoms with Crippen LogP contribution < -0.4 is 5.32 Å². The lowest BCUT2D eigenvalue weighted by Crippen LogP contribution is -2.22. The fraction of sp³-hybridized carbons (Fsp3) is 0.400. The van der Waals surface area contributed by atoms with Gasteiger partial charge < -0.3 is 14.8 Å². The minimum atomic E-state index is -0.376. The van der Waals surface area contributed by atoms with Crippen molar-refractivity contribution in [1.82, 2.24) is 0 Å². The number of carbonyl (C=O) groups is 1. The molecule has 0 spiro atoms. The molecule has 1 N–H and O–H groups in total. The Bertz CT molecular complexity index is 403. The number of nitrogens with one attached hydrogen (secondary N) is 1. The maximum absolute atomic E-state index is 11.2. The molecule has 1 aromatic rings. The average molecular weight is 263 g/mol. The largest absolute Gasteiger partial charge is 0.457 e. The van der Waals surface area contributed by atoms with Gasteiger partial charge in [0.1, 0.15) is 6.10 Å². The van der Waals surface area contributed by atoms with Gasteiger partial charge in [0.15, 0.2) is 0 Å². The first-order chi connectivity index (χ1) is 9.09. The van der Waals surface area contributed by atoms with Gasteiger partial charge in [-0.25, -0.2) is 4.79 Å². The zero-order valence-corrected chi connectivity index (χ0v) is 11.5. The smallest absolute Gasteiger partial charge is 0.333 e. The van der Waals surface area contributed by atoms with Crippen LogP contribution in [0, 0.1) is 0 Å².